The minimum Gasteiger partial charge on any atom is -0.453 e. The third kappa shape index (κ3) is 1.87. The summed E-state index contributed by atoms with van der Waals surface area (Å²) in [6.07, 6.45) is 0. The van der Waals surface area contributed by atoms with Crippen molar-refractivity contribution in [3.63, 3.8) is 0 Å². The zero-order valence-electron chi connectivity index (χ0n) is 9.23. The molecule has 4 heteroatoms. The Labute approximate surface area is 103 Å². The Bertz CT molecular complexity index is 709. The standard InChI is InChI=1S/C13H10N2OS/c1-8-6-12(17)15-13(14-8)11-7-9-4-2-3-5-10(9)16-11/h2-7H,1H3,(H,14,15,17). The number of H-pyrrole nitrogens is 1. The molecule has 0 unspecified atom stereocenters. The van der Waals surface area contributed by atoms with Crippen LogP contribution in [-0.4, -0.2) is 9.97 Å². The highest BCUT2D eigenvalue weighted by Gasteiger charge is 2.07. The van der Waals surface area contributed by atoms with Crippen molar-refractivity contribution in [2.45, 2.75) is 6.92 Å². The van der Waals surface area contributed by atoms with Gasteiger partial charge in [0.25, 0.3) is 0 Å². The van der Waals surface area contributed by atoms with E-state index in [-0.39, 0.29) is 0 Å². The second-order valence-electron chi connectivity index (χ2n) is 3.90. The average molecular weight is 242 g/mol. The van der Waals surface area contributed by atoms with Crippen molar-refractivity contribution in [3.05, 3.63) is 46.7 Å². The summed E-state index contributed by atoms with van der Waals surface area (Å²) in [7, 11) is 0. The van der Waals surface area contributed by atoms with Gasteiger partial charge in [0, 0.05) is 11.1 Å². The number of benzene rings is 1. The van der Waals surface area contributed by atoms with Crippen molar-refractivity contribution < 1.29 is 4.42 Å². The average Bonchev–Trinajstić information content (AvgIpc) is 2.71. The number of furan rings is 1. The van der Waals surface area contributed by atoms with Gasteiger partial charge in [0.15, 0.2) is 11.6 Å². The van der Waals surface area contributed by atoms with E-state index in [4.69, 9.17) is 16.6 Å². The molecule has 0 radical (unpaired) electrons. The fourth-order valence-electron chi connectivity index (χ4n) is 1.79. The predicted octanol–water partition coefficient (Wildman–Crippen LogP) is 3.86. The molecule has 3 aromatic rings. The minimum atomic E-state index is 0.566. The molecule has 3 rings (SSSR count). The quantitative estimate of drug-likeness (QED) is 0.659. The molecule has 0 fully saturated rings. The monoisotopic (exact) mass is 242 g/mol. The maximum Gasteiger partial charge on any atom is 0.175 e. The van der Waals surface area contributed by atoms with Gasteiger partial charge in [-0.2, -0.15) is 0 Å². The third-order valence-electron chi connectivity index (χ3n) is 2.54. The summed E-state index contributed by atoms with van der Waals surface area (Å²) in [6.45, 7) is 1.95. The maximum atomic E-state index is 5.72. The van der Waals surface area contributed by atoms with Crippen LogP contribution in [0.15, 0.2) is 40.8 Å². The van der Waals surface area contributed by atoms with Crippen LogP contribution in [0.5, 0.6) is 0 Å². The number of fused-ring (bicyclic) bond motifs is 1. The van der Waals surface area contributed by atoms with Gasteiger partial charge in [-0.3, -0.25) is 0 Å². The predicted molar refractivity (Wildman–Crippen MR) is 69.4 cm³/mol. The van der Waals surface area contributed by atoms with Crippen LogP contribution < -0.4 is 0 Å². The van der Waals surface area contributed by atoms with Crippen LogP contribution in [0.1, 0.15) is 5.69 Å². The van der Waals surface area contributed by atoms with E-state index in [1.807, 2.05) is 43.3 Å². The van der Waals surface area contributed by atoms with E-state index < -0.39 is 0 Å². The molecule has 17 heavy (non-hydrogen) atoms. The number of nitrogens with one attached hydrogen (secondary N) is 1. The number of hydrogen-bond donors (Lipinski definition) is 1. The summed E-state index contributed by atoms with van der Waals surface area (Å²) in [5.74, 6) is 1.38. The van der Waals surface area contributed by atoms with Crippen molar-refractivity contribution >= 4 is 23.2 Å². The molecule has 0 aliphatic carbocycles. The lowest BCUT2D eigenvalue weighted by molar-refractivity contribution is 0.624. The van der Waals surface area contributed by atoms with E-state index in [1.54, 1.807) is 0 Å². The molecule has 1 aromatic carbocycles. The van der Waals surface area contributed by atoms with Gasteiger partial charge in [0.1, 0.15) is 10.2 Å². The van der Waals surface area contributed by atoms with E-state index in [1.165, 1.54) is 0 Å². The third-order valence-corrected chi connectivity index (χ3v) is 2.75. The summed E-state index contributed by atoms with van der Waals surface area (Å²) in [4.78, 5) is 7.42. The van der Waals surface area contributed by atoms with E-state index in [0.717, 1.165) is 16.7 Å². The van der Waals surface area contributed by atoms with E-state index in [9.17, 15) is 0 Å². The summed E-state index contributed by atoms with van der Waals surface area (Å²) < 4.78 is 6.29. The fraction of sp³-hybridized carbons (Fsp3) is 0.0769. The summed E-state index contributed by atoms with van der Waals surface area (Å²) in [5.41, 5.74) is 1.82. The Morgan fingerprint density at radius 3 is 2.82 bits per heavy atom. The molecule has 0 aliphatic rings. The SMILES string of the molecule is Cc1cc(=S)nc(-c2cc3ccccc3o2)[nH]1. The molecular weight excluding hydrogens is 232 g/mol. The first kappa shape index (κ1) is 10.2. The van der Waals surface area contributed by atoms with Crippen LogP contribution >= 0.6 is 12.2 Å². The summed E-state index contributed by atoms with van der Waals surface area (Å²) in [6, 6.07) is 11.6. The highest BCUT2D eigenvalue weighted by Crippen LogP contribution is 2.25. The van der Waals surface area contributed by atoms with Gasteiger partial charge in [0.2, 0.25) is 0 Å². The normalized spacial score (nSPS) is 10.9. The summed E-state index contributed by atoms with van der Waals surface area (Å²) >= 11 is 5.10. The number of aromatic amines is 1. The second-order valence-corrected chi connectivity index (χ2v) is 4.32. The van der Waals surface area contributed by atoms with Crippen molar-refractivity contribution in [1.82, 2.24) is 9.97 Å². The Kier molecular flexibility index (Phi) is 2.30. The number of hydrogen-bond acceptors (Lipinski definition) is 3. The molecule has 0 aliphatic heterocycles. The van der Waals surface area contributed by atoms with Gasteiger partial charge in [-0.1, -0.05) is 30.4 Å². The van der Waals surface area contributed by atoms with Crippen molar-refractivity contribution in [1.29, 1.82) is 0 Å². The molecule has 0 bridgehead atoms. The first-order valence-electron chi connectivity index (χ1n) is 5.29. The lowest BCUT2D eigenvalue weighted by Gasteiger charge is -1.98. The molecule has 2 heterocycles. The molecule has 0 saturated carbocycles. The van der Waals surface area contributed by atoms with Crippen LogP contribution in [0.4, 0.5) is 0 Å². The minimum absolute atomic E-state index is 0.566. The molecule has 0 amide bonds. The van der Waals surface area contributed by atoms with Gasteiger partial charge in [-0.15, -0.1) is 0 Å². The topological polar surface area (TPSA) is 41.8 Å². The van der Waals surface area contributed by atoms with E-state index in [2.05, 4.69) is 9.97 Å². The van der Waals surface area contributed by atoms with Crippen LogP contribution in [0, 0.1) is 11.6 Å². The van der Waals surface area contributed by atoms with Gasteiger partial charge in [-0.25, -0.2) is 4.98 Å². The molecule has 0 atom stereocenters. The maximum absolute atomic E-state index is 5.72. The van der Waals surface area contributed by atoms with Crippen LogP contribution in [-0.2, 0) is 0 Å². The first-order valence-corrected chi connectivity index (χ1v) is 5.70. The molecule has 0 spiro atoms. The molecule has 0 saturated heterocycles. The largest absolute Gasteiger partial charge is 0.453 e. The highest BCUT2D eigenvalue weighted by molar-refractivity contribution is 7.71. The van der Waals surface area contributed by atoms with Crippen LogP contribution in [0.25, 0.3) is 22.6 Å². The highest BCUT2D eigenvalue weighted by atomic mass is 32.1. The van der Waals surface area contributed by atoms with Gasteiger partial charge >= 0.3 is 0 Å². The Morgan fingerprint density at radius 1 is 1.24 bits per heavy atom. The summed E-state index contributed by atoms with van der Waals surface area (Å²) in [5, 5.41) is 1.06. The van der Waals surface area contributed by atoms with Gasteiger partial charge in [-0.05, 0) is 25.1 Å². The van der Waals surface area contributed by atoms with Crippen molar-refractivity contribution in [2.24, 2.45) is 0 Å². The lowest BCUT2D eigenvalue weighted by atomic mass is 10.2. The van der Waals surface area contributed by atoms with Gasteiger partial charge < -0.3 is 9.40 Å². The zero-order valence-corrected chi connectivity index (χ0v) is 10.0. The smallest absolute Gasteiger partial charge is 0.175 e. The molecular formula is C13H10N2OS. The lowest BCUT2D eigenvalue weighted by Crippen LogP contribution is -1.90. The number of aryl methyl sites for hydroxylation is 1. The molecule has 1 N–H and O–H groups in total. The van der Waals surface area contributed by atoms with Gasteiger partial charge in [0.05, 0.1) is 0 Å². The number of aromatic nitrogens is 2. The molecule has 84 valence electrons. The van der Waals surface area contributed by atoms with Crippen molar-refractivity contribution in [2.75, 3.05) is 0 Å². The van der Waals surface area contributed by atoms with Crippen LogP contribution in [0.3, 0.4) is 0 Å². The number of nitrogens with zero attached hydrogens (tertiary/aromatic N) is 1. The first-order chi connectivity index (χ1) is 8.22. The molecule has 2 aromatic heterocycles. The van der Waals surface area contributed by atoms with E-state index >= 15 is 0 Å². The van der Waals surface area contributed by atoms with Crippen molar-refractivity contribution in [3.8, 4) is 11.6 Å². The number of rotatable bonds is 1. The Hall–Kier alpha value is -1.94. The molecule has 3 nitrogen and oxygen atoms in total. The van der Waals surface area contributed by atoms with E-state index in [0.29, 0.717) is 16.2 Å². The second kappa shape index (κ2) is 3.82. The van der Waals surface area contributed by atoms with Crippen LogP contribution in [0.2, 0.25) is 0 Å². The number of para-hydroxylation sites is 1. The Balaban J connectivity index is 2.23. The fourth-order valence-corrected chi connectivity index (χ4v) is 2.06. The Morgan fingerprint density at radius 2 is 2.06 bits per heavy atom. The zero-order chi connectivity index (χ0) is 11.8.